The number of carbonyl (C=O) groups excluding carboxylic acids is 1. The van der Waals surface area contributed by atoms with Gasteiger partial charge in [-0.25, -0.2) is 8.42 Å². The van der Waals surface area contributed by atoms with Gasteiger partial charge in [-0.3, -0.25) is 14.6 Å². The molecule has 0 aliphatic carbocycles. The highest BCUT2D eigenvalue weighted by Crippen LogP contribution is 2.15. The maximum atomic E-state index is 11.7. The molecule has 0 radical (unpaired) electrons. The molecular weight excluding hydrogens is 268 g/mol. The van der Waals surface area contributed by atoms with Gasteiger partial charge in [0.2, 0.25) is 10.0 Å². The molecule has 0 saturated carbocycles. The molecule has 0 fully saturated rings. The van der Waals surface area contributed by atoms with Crippen LogP contribution in [0.4, 0.5) is 11.4 Å². The second kappa shape index (κ2) is 5.11. The number of nitrogens with one attached hydrogen (secondary N) is 3. The Bertz CT molecular complexity index is 662. The molecule has 3 N–H and O–H groups in total. The fourth-order valence-electron chi connectivity index (χ4n) is 1.42. The molecule has 0 saturated heterocycles. The van der Waals surface area contributed by atoms with E-state index in [-0.39, 0.29) is 5.91 Å². The van der Waals surface area contributed by atoms with Gasteiger partial charge in [-0.2, -0.15) is 5.10 Å². The van der Waals surface area contributed by atoms with E-state index in [9.17, 15) is 13.2 Å². The average Bonchev–Trinajstić information content (AvgIpc) is 2.83. The summed E-state index contributed by atoms with van der Waals surface area (Å²) >= 11 is 0. The van der Waals surface area contributed by atoms with Gasteiger partial charge in [0.15, 0.2) is 0 Å². The van der Waals surface area contributed by atoms with Crippen molar-refractivity contribution in [2.24, 2.45) is 0 Å². The van der Waals surface area contributed by atoms with Crippen LogP contribution in [-0.4, -0.2) is 30.8 Å². The Morgan fingerprint density at radius 1 is 1.16 bits per heavy atom. The smallest absolute Gasteiger partial charge is 0.273 e. The molecule has 0 bridgehead atoms. The Hall–Kier alpha value is -2.35. The highest BCUT2D eigenvalue weighted by atomic mass is 32.2. The van der Waals surface area contributed by atoms with Crippen LogP contribution in [0.3, 0.4) is 0 Å². The maximum Gasteiger partial charge on any atom is 0.273 e. The van der Waals surface area contributed by atoms with Crippen molar-refractivity contribution in [3.63, 3.8) is 0 Å². The van der Waals surface area contributed by atoms with Crippen molar-refractivity contribution in [3.8, 4) is 0 Å². The van der Waals surface area contributed by atoms with Crippen molar-refractivity contribution in [1.29, 1.82) is 0 Å². The lowest BCUT2D eigenvalue weighted by atomic mass is 10.3. The van der Waals surface area contributed by atoms with Crippen LogP contribution in [0, 0.1) is 0 Å². The predicted octanol–water partition coefficient (Wildman–Crippen LogP) is 1.03. The molecule has 0 atom stereocenters. The minimum atomic E-state index is -3.30. The minimum absolute atomic E-state index is 0.318. The third kappa shape index (κ3) is 3.81. The number of H-pyrrole nitrogens is 1. The van der Waals surface area contributed by atoms with Crippen molar-refractivity contribution >= 4 is 27.3 Å². The fraction of sp³-hybridized carbons (Fsp3) is 0.0909. The van der Waals surface area contributed by atoms with E-state index in [1.807, 2.05) is 0 Å². The number of rotatable bonds is 4. The first kappa shape index (κ1) is 13.1. The lowest BCUT2D eigenvalue weighted by molar-refractivity contribution is 0.102. The van der Waals surface area contributed by atoms with Gasteiger partial charge in [0.25, 0.3) is 5.91 Å². The number of aromatic amines is 1. The maximum absolute atomic E-state index is 11.7. The Kier molecular flexibility index (Phi) is 3.52. The monoisotopic (exact) mass is 280 g/mol. The number of hydrogen-bond donors (Lipinski definition) is 3. The van der Waals surface area contributed by atoms with Crippen LogP contribution in [0.25, 0.3) is 0 Å². The van der Waals surface area contributed by atoms with Crippen LogP contribution in [0.1, 0.15) is 10.5 Å². The summed E-state index contributed by atoms with van der Waals surface area (Å²) in [6, 6.07) is 7.87. The third-order valence-corrected chi connectivity index (χ3v) is 2.80. The zero-order valence-corrected chi connectivity index (χ0v) is 10.9. The van der Waals surface area contributed by atoms with Crippen LogP contribution in [0.2, 0.25) is 0 Å². The van der Waals surface area contributed by atoms with E-state index in [4.69, 9.17) is 0 Å². The Balaban J connectivity index is 2.05. The van der Waals surface area contributed by atoms with Gasteiger partial charge in [-0.1, -0.05) is 0 Å². The molecule has 0 unspecified atom stereocenters. The molecule has 1 aromatic heterocycles. The molecule has 0 aliphatic rings. The van der Waals surface area contributed by atoms with Gasteiger partial charge in [-0.15, -0.1) is 0 Å². The lowest BCUT2D eigenvalue weighted by Gasteiger charge is -2.06. The topological polar surface area (TPSA) is 104 Å². The summed E-state index contributed by atoms with van der Waals surface area (Å²) in [5, 5.41) is 8.87. The molecule has 1 heterocycles. The number of carbonyl (C=O) groups is 1. The van der Waals surface area contributed by atoms with E-state index in [0.717, 1.165) is 6.26 Å². The van der Waals surface area contributed by atoms with Crippen molar-refractivity contribution in [2.45, 2.75) is 0 Å². The molecule has 1 amide bonds. The first-order valence-electron chi connectivity index (χ1n) is 5.33. The van der Waals surface area contributed by atoms with Gasteiger partial charge in [0.05, 0.1) is 6.26 Å². The molecule has 19 heavy (non-hydrogen) atoms. The minimum Gasteiger partial charge on any atom is -0.321 e. The second-order valence-corrected chi connectivity index (χ2v) is 5.62. The van der Waals surface area contributed by atoms with Gasteiger partial charge in [0, 0.05) is 17.6 Å². The van der Waals surface area contributed by atoms with Crippen LogP contribution in [-0.2, 0) is 10.0 Å². The molecule has 100 valence electrons. The van der Waals surface area contributed by atoms with Gasteiger partial charge in [-0.05, 0) is 30.3 Å². The highest BCUT2D eigenvalue weighted by Gasteiger charge is 2.07. The van der Waals surface area contributed by atoms with Crippen LogP contribution < -0.4 is 10.0 Å². The number of sulfonamides is 1. The molecule has 7 nitrogen and oxygen atoms in total. The van der Waals surface area contributed by atoms with E-state index in [1.54, 1.807) is 30.3 Å². The third-order valence-electron chi connectivity index (χ3n) is 2.19. The number of hydrogen-bond acceptors (Lipinski definition) is 4. The Morgan fingerprint density at radius 2 is 1.79 bits per heavy atom. The first-order chi connectivity index (χ1) is 8.94. The summed E-state index contributed by atoms with van der Waals surface area (Å²) in [5.41, 5.74) is 1.33. The largest absolute Gasteiger partial charge is 0.321 e. The molecule has 8 heteroatoms. The molecule has 2 rings (SSSR count). The van der Waals surface area contributed by atoms with Crippen molar-refractivity contribution < 1.29 is 13.2 Å². The van der Waals surface area contributed by atoms with E-state index in [1.165, 1.54) is 6.20 Å². The van der Waals surface area contributed by atoms with Gasteiger partial charge >= 0.3 is 0 Å². The molecule has 2 aromatic rings. The fourth-order valence-corrected chi connectivity index (χ4v) is 1.98. The first-order valence-corrected chi connectivity index (χ1v) is 7.22. The quantitative estimate of drug-likeness (QED) is 0.778. The molecular formula is C11H12N4O3S. The summed E-state index contributed by atoms with van der Waals surface area (Å²) in [7, 11) is -3.30. The van der Waals surface area contributed by atoms with E-state index in [0.29, 0.717) is 17.1 Å². The van der Waals surface area contributed by atoms with Crippen molar-refractivity contribution in [1.82, 2.24) is 10.2 Å². The molecule has 1 aromatic carbocycles. The number of anilines is 2. The second-order valence-electron chi connectivity index (χ2n) is 3.88. The zero-order chi connectivity index (χ0) is 13.9. The van der Waals surface area contributed by atoms with Gasteiger partial charge < -0.3 is 5.32 Å². The lowest BCUT2D eigenvalue weighted by Crippen LogP contribution is -2.13. The average molecular weight is 280 g/mol. The van der Waals surface area contributed by atoms with E-state index >= 15 is 0 Å². The van der Waals surface area contributed by atoms with Crippen molar-refractivity contribution in [2.75, 3.05) is 16.3 Å². The number of nitrogens with zero attached hydrogens (tertiary/aromatic N) is 1. The van der Waals surface area contributed by atoms with Crippen LogP contribution in [0.15, 0.2) is 36.5 Å². The number of aromatic nitrogens is 2. The summed E-state index contributed by atoms with van der Waals surface area (Å²) in [6.45, 7) is 0. The normalized spacial score (nSPS) is 11.0. The summed E-state index contributed by atoms with van der Waals surface area (Å²) in [5.74, 6) is -0.318. The molecule has 0 aliphatic heterocycles. The van der Waals surface area contributed by atoms with E-state index in [2.05, 4.69) is 20.2 Å². The van der Waals surface area contributed by atoms with Crippen LogP contribution >= 0.6 is 0 Å². The standard InChI is InChI=1S/C11H12N4O3S/c1-19(17,18)15-9-4-2-8(3-5-9)13-11(16)10-6-7-12-14-10/h2-7,15H,1H3,(H,12,14)(H,13,16). The van der Waals surface area contributed by atoms with Crippen molar-refractivity contribution in [3.05, 3.63) is 42.2 Å². The predicted molar refractivity (Wildman–Crippen MR) is 71.4 cm³/mol. The van der Waals surface area contributed by atoms with E-state index < -0.39 is 10.0 Å². The summed E-state index contributed by atoms with van der Waals surface area (Å²) < 4.78 is 24.4. The Labute approximate surface area is 110 Å². The Morgan fingerprint density at radius 3 is 2.32 bits per heavy atom. The number of benzene rings is 1. The zero-order valence-electron chi connectivity index (χ0n) is 10.0. The van der Waals surface area contributed by atoms with Gasteiger partial charge in [0.1, 0.15) is 5.69 Å². The SMILES string of the molecule is CS(=O)(=O)Nc1ccc(NC(=O)c2ccn[nH]2)cc1. The summed E-state index contributed by atoms with van der Waals surface area (Å²) in [4.78, 5) is 11.7. The molecule has 0 spiro atoms. The number of amides is 1. The highest BCUT2D eigenvalue weighted by molar-refractivity contribution is 7.92. The van der Waals surface area contributed by atoms with Crippen LogP contribution in [0.5, 0.6) is 0 Å². The summed E-state index contributed by atoms with van der Waals surface area (Å²) in [6.07, 6.45) is 2.55.